The van der Waals surface area contributed by atoms with E-state index in [0.29, 0.717) is 11.7 Å². The van der Waals surface area contributed by atoms with Crippen molar-refractivity contribution in [2.75, 3.05) is 5.73 Å². The standard InChI is InChI=1S/C11H17N3/c1-6-10(13-14-11(6)12)8-3-2-7-4-9(7)5-8/h7-9H,2-5H2,1H3,(H3,12,13,14). The van der Waals surface area contributed by atoms with Crippen molar-refractivity contribution in [2.45, 2.75) is 38.5 Å². The van der Waals surface area contributed by atoms with Gasteiger partial charge in [0.05, 0.1) is 0 Å². The van der Waals surface area contributed by atoms with E-state index in [1.54, 1.807) is 0 Å². The Balaban J connectivity index is 1.84. The van der Waals surface area contributed by atoms with Crippen molar-refractivity contribution in [1.82, 2.24) is 10.2 Å². The minimum atomic E-state index is 0.679. The maximum Gasteiger partial charge on any atom is 0.148 e. The van der Waals surface area contributed by atoms with Crippen molar-refractivity contribution in [3.63, 3.8) is 0 Å². The van der Waals surface area contributed by atoms with E-state index in [9.17, 15) is 0 Å². The van der Waals surface area contributed by atoms with Crippen LogP contribution < -0.4 is 5.73 Å². The molecule has 1 heterocycles. The molecule has 2 fully saturated rings. The number of nitrogens with two attached hydrogens (primary N) is 1. The van der Waals surface area contributed by atoms with Gasteiger partial charge >= 0.3 is 0 Å². The van der Waals surface area contributed by atoms with Gasteiger partial charge in [-0.1, -0.05) is 0 Å². The Morgan fingerprint density at radius 1 is 1.29 bits per heavy atom. The van der Waals surface area contributed by atoms with E-state index in [2.05, 4.69) is 17.1 Å². The van der Waals surface area contributed by atoms with E-state index < -0.39 is 0 Å². The van der Waals surface area contributed by atoms with Crippen LogP contribution in [0, 0.1) is 18.8 Å². The monoisotopic (exact) mass is 191 g/mol. The third-order valence-corrected chi connectivity index (χ3v) is 4.04. The maximum absolute atomic E-state index is 5.75. The number of aromatic amines is 1. The molecule has 1 aromatic heterocycles. The molecule has 0 radical (unpaired) electrons. The van der Waals surface area contributed by atoms with Gasteiger partial charge in [-0.2, -0.15) is 5.10 Å². The first kappa shape index (κ1) is 8.33. The summed E-state index contributed by atoms with van der Waals surface area (Å²) in [5, 5.41) is 7.19. The number of rotatable bonds is 1. The van der Waals surface area contributed by atoms with E-state index >= 15 is 0 Å². The van der Waals surface area contributed by atoms with Crippen molar-refractivity contribution >= 4 is 5.82 Å². The first-order valence-electron chi connectivity index (χ1n) is 5.56. The number of fused-ring (bicyclic) bond motifs is 1. The quantitative estimate of drug-likeness (QED) is 0.715. The third kappa shape index (κ3) is 1.15. The van der Waals surface area contributed by atoms with Crippen molar-refractivity contribution in [1.29, 1.82) is 0 Å². The fourth-order valence-corrected chi connectivity index (χ4v) is 2.94. The second kappa shape index (κ2) is 2.75. The first-order valence-corrected chi connectivity index (χ1v) is 5.56. The smallest absolute Gasteiger partial charge is 0.148 e. The molecular formula is C11H17N3. The van der Waals surface area contributed by atoms with Gasteiger partial charge < -0.3 is 5.73 Å². The van der Waals surface area contributed by atoms with Crippen molar-refractivity contribution in [3.8, 4) is 0 Å². The second-order valence-electron chi connectivity index (χ2n) is 4.91. The highest BCUT2D eigenvalue weighted by atomic mass is 15.2. The minimum absolute atomic E-state index is 0.679. The molecule has 3 rings (SSSR count). The van der Waals surface area contributed by atoms with Crippen LogP contribution in [0.25, 0.3) is 0 Å². The lowest BCUT2D eigenvalue weighted by molar-refractivity contribution is 0.416. The summed E-state index contributed by atoms with van der Waals surface area (Å²) in [5.41, 5.74) is 8.22. The van der Waals surface area contributed by atoms with Crippen LogP contribution in [0.4, 0.5) is 5.82 Å². The Labute approximate surface area is 84.1 Å². The van der Waals surface area contributed by atoms with Gasteiger partial charge in [0.2, 0.25) is 0 Å². The molecule has 0 saturated heterocycles. The van der Waals surface area contributed by atoms with E-state index in [0.717, 1.165) is 11.8 Å². The fraction of sp³-hybridized carbons (Fsp3) is 0.727. The molecule has 0 aromatic carbocycles. The highest BCUT2D eigenvalue weighted by Gasteiger charge is 2.42. The average molecular weight is 191 g/mol. The zero-order valence-corrected chi connectivity index (χ0v) is 8.59. The van der Waals surface area contributed by atoms with Gasteiger partial charge in [0.15, 0.2) is 0 Å². The number of anilines is 1. The highest BCUT2D eigenvalue weighted by Crippen LogP contribution is 2.54. The molecule has 14 heavy (non-hydrogen) atoms. The van der Waals surface area contributed by atoms with Gasteiger partial charge in [-0.15, -0.1) is 0 Å². The van der Waals surface area contributed by atoms with Crippen LogP contribution in [-0.2, 0) is 0 Å². The first-order chi connectivity index (χ1) is 6.75. The molecule has 2 aliphatic carbocycles. The molecule has 3 N–H and O–H groups in total. The van der Waals surface area contributed by atoms with Gasteiger partial charge in [0.25, 0.3) is 0 Å². The molecule has 76 valence electrons. The van der Waals surface area contributed by atoms with Gasteiger partial charge in [0, 0.05) is 17.2 Å². The van der Waals surface area contributed by atoms with Crippen LogP contribution in [0.2, 0.25) is 0 Å². The molecule has 2 saturated carbocycles. The molecule has 0 spiro atoms. The van der Waals surface area contributed by atoms with Crippen molar-refractivity contribution in [3.05, 3.63) is 11.3 Å². The number of hydrogen-bond acceptors (Lipinski definition) is 2. The zero-order valence-electron chi connectivity index (χ0n) is 8.59. The van der Waals surface area contributed by atoms with Crippen LogP contribution in [0.3, 0.4) is 0 Å². The maximum atomic E-state index is 5.75. The van der Waals surface area contributed by atoms with E-state index in [1.165, 1.54) is 36.9 Å². The Bertz CT molecular complexity index is 355. The molecule has 3 heteroatoms. The van der Waals surface area contributed by atoms with Crippen LogP contribution in [-0.4, -0.2) is 10.2 Å². The summed E-state index contributed by atoms with van der Waals surface area (Å²) in [7, 11) is 0. The largest absolute Gasteiger partial charge is 0.382 e. The Kier molecular flexibility index (Phi) is 1.64. The number of aromatic nitrogens is 2. The van der Waals surface area contributed by atoms with Gasteiger partial charge in [-0.3, -0.25) is 5.10 Å². The van der Waals surface area contributed by atoms with Gasteiger partial charge in [0.1, 0.15) is 5.82 Å². The second-order valence-corrected chi connectivity index (χ2v) is 4.91. The van der Waals surface area contributed by atoms with Crippen molar-refractivity contribution < 1.29 is 0 Å². The Hall–Kier alpha value is -0.990. The zero-order chi connectivity index (χ0) is 9.71. The lowest BCUT2D eigenvalue weighted by atomic mass is 9.86. The average Bonchev–Trinajstić information content (AvgIpc) is 2.88. The SMILES string of the molecule is Cc1c(N)n[nH]c1C1CCC2CC2C1. The predicted octanol–water partition coefficient (Wildman–Crippen LogP) is 2.20. The number of nitrogen functional groups attached to an aromatic ring is 1. The van der Waals surface area contributed by atoms with E-state index in [-0.39, 0.29) is 0 Å². The number of nitrogens with zero attached hydrogens (tertiary/aromatic N) is 1. The molecule has 2 aliphatic rings. The molecule has 1 aromatic rings. The molecule has 0 bridgehead atoms. The highest BCUT2D eigenvalue weighted by molar-refractivity contribution is 5.42. The summed E-state index contributed by atoms with van der Waals surface area (Å²) in [6.07, 6.45) is 5.56. The summed E-state index contributed by atoms with van der Waals surface area (Å²) >= 11 is 0. The van der Waals surface area contributed by atoms with Crippen LogP contribution in [0.1, 0.15) is 42.9 Å². The summed E-state index contributed by atoms with van der Waals surface area (Å²) in [5.74, 6) is 3.45. The normalized spacial score (nSPS) is 35.4. The van der Waals surface area contributed by atoms with Gasteiger partial charge in [-0.05, 0) is 44.4 Å². The minimum Gasteiger partial charge on any atom is -0.382 e. The predicted molar refractivity (Wildman–Crippen MR) is 55.9 cm³/mol. The topological polar surface area (TPSA) is 54.7 Å². The molecule has 3 atom stereocenters. The Morgan fingerprint density at radius 2 is 2.14 bits per heavy atom. The van der Waals surface area contributed by atoms with E-state index in [1.807, 2.05) is 0 Å². The fourth-order valence-electron chi connectivity index (χ4n) is 2.94. The van der Waals surface area contributed by atoms with E-state index in [4.69, 9.17) is 5.73 Å². The summed E-state index contributed by atoms with van der Waals surface area (Å²) < 4.78 is 0. The summed E-state index contributed by atoms with van der Waals surface area (Å²) in [4.78, 5) is 0. The summed E-state index contributed by atoms with van der Waals surface area (Å²) in [6, 6.07) is 0. The van der Waals surface area contributed by atoms with Gasteiger partial charge in [-0.25, -0.2) is 0 Å². The molecule has 3 nitrogen and oxygen atoms in total. The summed E-state index contributed by atoms with van der Waals surface area (Å²) in [6.45, 7) is 2.08. The third-order valence-electron chi connectivity index (χ3n) is 4.04. The van der Waals surface area contributed by atoms with Crippen LogP contribution in [0.15, 0.2) is 0 Å². The lowest BCUT2D eigenvalue weighted by Crippen LogP contribution is -2.08. The molecule has 0 amide bonds. The molecule has 0 aliphatic heterocycles. The van der Waals surface area contributed by atoms with Crippen LogP contribution in [0.5, 0.6) is 0 Å². The lowest BCUT2D eigenvalue weighted by Gasteiger charge is -2.20. The molecular weight excluding hydrogens is 174 g/mol. The molecule has 3 unspecified atom stereocenters. The number of H-pyrrole nitrogens is 1. The number of hydrogen-bond donors (Lipinski definition) is 2. The Morgan fingerprint density at radius 3 is 2.79 bits per heavy atom. The number of nitrogens with one attached hydrogen (secondary N) is 1. The van der Waals surface area contributed by atoms with Crippen molar-refractivity contribution in [2.24, 2.45) is 11.8 Å². The van der Waals surface area contributed by atoms with Crippen LogP contribution >= 0.6 is 0 Å².